The number of rotatable bonds is 2. The van der Waals surface area contributed by atoms with Crippen LogP contribution < -0.4 is 9.21 Å². The van der Waals surface area contributed by atoms with Crippen LogP contribution in [0.1, 0.15) is 0 Å². The first-order valence-corrected chi connectivity index (χ1v) is 8.25. The highest BCUT2D eigenvalue weighted by Gasteiger charge is 2.30. The van der Waals surface area contributed by atoms with Crippen molar-refractivity contribution in [2.45, 2.75) is 4.90 Å². The van der Waals surface area contributed by atoms with Crippen molar-refractivity contribution in [2.24, 2.45) is 0 Å². The van der Waals surface area contributed by atoms with Crippen molar-refractivity contribution in [2.75, 3.05) is 29.3 Å². The van der Waals surface area contributed by atoms with Crippen LogP contribution in [0.4, 0.5) is 11.4 Å². The van der Waals surface area contributed by atoms with Gasteiger partial charge in [-0.15, -0.1) is 0 Å². The second-order valence-electron chi connectivity index (χ2n) is 4.82. The van der Waals surface area contributed by atoms with Crippen LogP contribution >= 0.6 is 11.6 Å². The number of anilines is 2. The minimum atomic E-state index is -3.61. The molecule has 0 aliphatic carbocycles. The molecular weight excluding hydrogens is 310 g/mol. The average Bonchev–Trinajstić information content (AvgIpc) is 2.48. The summed E-state index contributed by atoms with van der Waals surface area (Å²) in [5.41, 5.74) is 1.45. The molecule has 1 aliphatic rings. The molecule has 0 atom stereocenters. The Morgan fingerprint density at radius 2 is 1.81 bits per heavy atom. The van der Waals surface area contributed by atoms with Crippen molar-refractivity contribution >= 4 is 33.0 Å². The quantitative estimate of drug-likeness (QED) is 0.851. The first kappa shape index (κ1) is 14.2. The molecule has 3 rings (SSSR count). The SMILES string of the molecule is CN1CCN(S(=O)(=O)c2ccc(Cl)cc2)c2cnccc21. The molecule has 1 aliphatic heterocycles. The Bertz CT molecular complexity index is 762. The minimum Gasteiger partial charge on any atom is -0.371 e. The van der Waals surface area contributed by atoms with Crippen LogP contribution in [0.3, 0.4) is 0 Å². The zero-order chi connectivity index (χ0) is 15.0. The molecule has 0 saturated carbocycles. The molecule has 7 heteroatoms. The molecule has 1 aromatic carbocycles. The lowest BCUT2D eigenvalue weighted by Gasteiger charge is -2.35. The Morgan fingerprint density at radius 1 is 1.10 bits per heavy atom. The van der Waals surface area contributed by atoms with Crippen molar-refractivity contribution < 1.29 is 8.42 Å². The zero-order valence-electron chi connectivity index (χ0n) is 11.4. The second kappa shape index (κ2) is 5.20. The predicted octanol–water partition coefficient (Wildman–Crippen LogP) is 2.38. The fraction of sp³-hybridized carbons (Fsp3) is 0.214. The summed E-state index contributed by atoms with van der Waals surface area (Å²) in [7, 11) is -1.67. The van der Waals surface area contributed by atoms with Gasteiger partial charge in [0.25, 0.3) is 10.0 Å². The zero-order valence-corrected chi connectivity index (χ0v) is 13.0. The van der Waals surface area contributed by atoms with Crippen LogP contribution in [0.2, 0.25) is 5.02 Å². The highest BCUT2D eigenvalue weighted by atomic mass is 35.5. The lowest BCUT2D eigenvalue weighted by Crippen LogP contribution is -2.42. The Labute approximate surface area is 128 Å². The number of hydrogen-bond donors (Lipinski definition) is 0. The van der Waals surface area contributed by atoms with Gasteiger partial charge in [-0.2, -0.15) is 0 Å². The summed E-state index contributed by atoms with van der Waals surface area (Å²) in [5.74, 6) is 0. The van der Waals surface area contributed by atoms with Gasteiger partial charge >= 0.3 is 0 Å². The van der Waals surface area contributed by atoms with Gasteiger partial charge in [0.05, 0.1) is 29.0 Å². The molecule has 0 fully saturated rings. The van der Waals surface area contributed by atoms with Crippen molar-refractivity contribution in [3.8, 4) is 0 Å². The van der Waals surface area contributed by atoms with Gasteiger partial charge in [0.15, 0.2) is 0 Å². The van der Waals surface area contributed by atoms with E-state index in [0.717, 1.165) is 5.69 Å². The Morgan fingerprint density at radius 3 is 2.52 bits per heavy atom. The molecule has 2 heterocycles. The van der Waals surface area contributed by atoms with Crippen LogP contribution in [0.15, 0.2) is 47.6 Å². The molecule has 0 unspecified atom stereocenters. The monoisotopic (exact) mass is 323 g/mol. The fourth-order valence-electron chi connectivity index (χ4n) is 2.36. The van der Waals surface area contributed by atoms with Crippen molar-refractivity contribution in [1.29, 1.82) is 0 Å². The maximum absolute atomic E-state index is 12.8. The Balaban J connectivity index is 2.08. The molecule has 2 aromatic rings. The van der Waals surface area contributed by atoms with Gasteiger partial charge in [0.1, 0.15) is 0 Å². The molecule has 1 aromatic heterocycles. The van der Waals surface area contributed by atoms with E-state index < -0.39 is 10.0 Å². The molecule has 110 valence electrons. The number of likely N-dealkylation sites (N-methyl/N-ethyl adjacent to an activating group) is 1. The van der Waals surface area contributed by atoms with E-state index in [0.29, 0.717) is 23.8 Å². The molecular formula is C14H14ClN3O2S. The second-order valence-corrected chi connectivity index (χ2v) is 7.12. The summed E-state index contributed by atoms with van der Waals surface area (Å²) in [6.45, 7) is 1.02. The summed E-state index contributed by atoms with van der Waals surface area (Å²) in [4.78, 5) is 6.30. The van der Waals surface area contributed by atoms with E-state index in [2.05, 4.69) is 4.98 Å². The number of fused-ring (bicyclic) bond motifs is 1. The topological polar surface area (TPSA) is 53.5 Å². The first-order valence-electron chi connectivity index (χ1n) is 6.43. The number of nitrogens with zero attached hydrogens (tertiary/aromatic N) is 3. The van der Waals surface area contributed by atoms with Crippen molar-refractivity contribution in [1.82, 2.24) is 4.98 Å². The molecule has 0 saturated heterocycles. The fourth-order valence-corrected chi connectivity index (χ4v) is 3.94. The predicted molar refractivity (Wildman–Crippen MR) is 83.5 cm³/mol. The Kier molecular flexibility index (Phi) is 3.51. The van der Waals surface area contributed by atoms with Crippen molar-refractivity contribution in [3.05, 3.63) is 47.7 Å². The number of pyridine rings is 1. The largest absolute Gasteiger partial charge is 0.371 e. The van der Waals surface area contributed by atoms with Gasteiger partial charge in [0, 0.05) is 24.8 Å². The van der Waals surface area contributed by atoms with E-state index in [1.54, 1.807) is 24.5 Å². The summed E-state index contributed by atoms with van der Waals surface area (Å²) < 4.78 is 27.0. The molecule has 5 nitrogen and oxygen atoms in total. The number of benzene rings is 1. The lowest BCUT2D eigenvalue weighted by molar-refractivity contribution is 0.589. The molecule has 0 radical (unpaired) electrons. The van der Waals surface area contributed by atoms with E-state index in [1.165, 1.54) is 16.4 Å². The highest BCUT2D eigenvalue weighted by Crippen LogP contribution is 2.34. The standard InChI is InChI=1S/C14H14ClN3O2S/c1-17-8-9-18(14-10-16-7-6-13(14)17)21(19,20)12-4-2-11(15)3-5-12/h2-7,10H,8-9H2,1H3. The third kappa shape index (κ3) is 2.45. The first-order chi connectivity index (χ1) is 10.00. The van der Waals surface area contributed by atoms with E-state index in [9.17, 15) is 8.42 Å². The van der Waals surface area contributed by atoms with Gasteiger partial charge < -0.3 is 4.90 Å². The maximum Gasteiger partial charge on any atom is 0.264 e. The van der Waals surface area contributed by atoms with E-state index in [1.807, 2.05) is 18.0 Å². The van der Waals surface area contributed by atoms with E-state index >= 15 is 0 Å². The van der Waals surface area contributed by atoms with Crippen LogP contribution in [0, 0.1) is 0 Å². The highest BCUT2D eigenvalue weighted by molar-refractivity contribution is 7.92. The number of halogens is 1. The van der Waals surface area contributed by atoms with Crippen molar-refractivity contribution in [3.63, 3.8) is 0 Å². The molecule has 21 heavy (non-hydrogen) atoms. The smallest absolute Gasteiger partial charge is 0.264 e. The van der Waals surface area contributed by atoms with Gasteiger partial charge in [-0.3, -0.25) is 9.29 Å². The summed E-state index contributed by atoms with van der Waals surface area (Å²) >= 11 is 5.82. The summed E-state index contributed by atoms with van der Waals surface area (Å²) in [5, 5.41) is 0.509. The average molecular weight is 324 g/mol. The van der Waals surface area contributed by atoms with Gasteiger partial charge in [0.2, 0.25) is 0 Å². The van der Waals surface area contributed by atoms with Gasteiger partial charge in [-0.25, -0.2) is 8.42 Å². The molecule has 0 amide bonds. The van der Waals surface area contributed by atoms with Crippen LogP contribution in [0.5, 0.6) is 0 Å². The van der Waals surface area contributed by atoms with Gasteiger partial charge in [-0.05, 0) is 30.3 Å². The van der Waals surface area contributed by atoms with Crippen LogP contribution in [0.25, 0.3) is 0 Å². The van der Waals surface area contributed by atoms with Crippen LogP contribution in [-0.2, 0) is 10.0 Å². The summed E-state index contributed by atoms with van der Waals surface area (Å²) in [6.07, 6.45) is 3.24. The number of aromatic nitrogens is 1. The van der Waals surface area contributed by atoms with E-state index in [-0.39, 0.29) is 4.90 Å². The third-order valence-corrected chi connectivity index (χ3v) is 5.58. The van der Waals surface area contributed by atoms with E-state index in [4.69, 9.17) is 11.6 Å². The third-order valence-electron chi connectivity index (χ3n) is 3.50. The van der Waals surface area contributed by atoms with Crippen LogP contribution in [-0.4, -0.2) is 33.5 Å². The minimum absolute atomic E-state index is 0.228. The normalized spacial score (nSPS) is 15.0. The number of sulfonamides is 1. The van der Waals surface area contributed by atoms with Gasteiger partial charge in [-0.1, -0.05) is 11.6 Å². The maximum atomic E-state index is 12.8. The Hall–Kier alpha value is -1.79. The molecule has 0 N–H and O–H groups in total. The lowest BCUT2D eigenvalue weighted by atomic mass is 10.2. The summed E-state index contributed by atoms with van der Waals surface area (Å²) in [6, 6.07) is 8.01. The molecule has 0 bridgehead atoms. The number of hydrogen-bond acceptors (Lipinski definition) is 4. The molecule has 0 spiro atoms.